The largest absolute Gasteiger partial charge is 0.439 e. The van der Waals surface area contributed by atoms with Crippen LogP contribution in [0, 0.1) is 19.8 Å². The molecule has 0 spiro atoms. The highest BCUT2D eigenvalue weighted by Crippen LogP contribution is 2.42. The van der Waals surface area contributed by atoms with E-state index >= 15 is 0 Å². The number of ether oxygens (including phenoxy) is 2. The van der Waals surface area contributed by atoms with Crippen molar-refractivity contribution in [2.45, 2.75) is 188 Å². The van der Waals surface area contributed by atoms with E-state index in [-0.39, 0.29) is 13.1 Å². The van der Waals surface area contributed by atoms with Gasteiger partial charge < -0.3 is 19.3 Å². The summed E-state index contributed by atoms with van der Waals surface area (Å²) in [7, 11) is 0. The average Bonchev–Trinajstić information content (AvgIpc) is 4.08. The van der Waals surface area contributed by atoms with E-state index in [1.807, 2.05) is 43.2 Å². The van der Waals surface area contributed by atoms with Gasteiger partial charge in [-0.25, -0.2) is 19.6 Å². The quantitative estimate of drug-likeness (QED) is 0.0947. The molecular weight excluding hydrogens is 1080 g/mol. The van der Waals surface area contributed by atoms with Crippen LogP contribution in [0.3, 0.4) is 0 Å². The summed E-state index contributed by atoms with van der Waals surface area (Å²) in [6.45, 7) is 18.3. The highest BCUT2D eigenvalue weighted by molar-refractivity contribution is 9.10. The summed E-state index contributed by atoms with van der Waals surface area (Å²) >= 11 is 3.50. The van der Waals surface area contributed by atoms with Gasteiger partial charge in [0.1, 0.15) is 23.8 Å². The summed E-state index contributed by atoms with van der Waals surface area (Å²) in [5.41, 5.74) is 3.77. The van der Waals surface area contributed by atoms with Crippen molar-refractivity contribution in [3.63, 3.8) is 0 Å². The fourth-order valence-electron chi connectivity index (χ4n) is 11.8. The van der Waals surface area contributed by atoms with Crippen molar-refractivity contribution in [1.82, 2.24) is 29.5 Å². The third-order valence-corrected chi connectivity index (χ3v) is 16.0. The van der Waals surface area contributed by atoms with Crippen LogP contribution < -0.4 is 9.80 Å². The van der Waals surface area contributed by atoms with Crippen LogP contribution in [0.25, 0.3) is 11.1 Å². The molecule has 78 heavy (non-hydrogen) atoms. The molecule has 0 N–H and O–H groups in total. The number of anilines is 2. The molecule has 9 rings (SSSR count). The highest BCUT2D eigenvalue weighted by atomic mass is 79.9. The lowest BCUT2D eigenvalue weighted by atomic mass is 9.93. The first kappa shape index (κ1) is 58.3. The number of aryl methyl sites for hydroxylation is 2. The van der Waals surface area contributed by atoms with Crippen molar-refractivity contribution in [1.29, 1.82) is 0 Å². The predicted molar refractivity (Wildman–Crippen MR) is 293 cm³/mol. The molecule has 4 fully saturated rings. The molecule has 0 bridgehead atoms. The first-order valence-corrected chi connectivity index (χ1v) is 28.3. The van der Waals surface area contributed by atoms with Crippen LogP contribution in [0.15, 0.2) is 77.8 Å². The minimum Gasteiger partial charge on any atom is -0.439 e. The summed E-state index contributed by atoms with van der Waals surface area (Å²) in [6.07, 6.45) is 7.51. The Hall–Kier alpha value is -5.85. The maximum absolute atomic E-state index is 13.6. The summed E-state index contributed by atoms with van der Waals surface area (Å²) in [5, 5.41) is 4.53. The number of hydrogen-bond donors (Lipinski definition) is 0. The zero-order chi connectivity index (χ0) is 56.2. The maximum Gasteiger partial charge on any atom is 0.416 e. The lowest BCUT2D eigenvalue weighted by Gasteiger charge is -2.36. The average molecular weight is 1150 g/mol. The molecule has 2 aliphatic heterocycles. The summed E-state index contributed by atoms with van der Waals surface area (Å²) in [4.78, 5) is 43.8. The first-order chi connectivity index (χ1) is 37.0. The van der Waals surface area contributed by atoms with Gasteiger partial charge >= 0.3 is 24.5 Å². The third kappa shape index (κ3) is 13.6. The molecule has 0 radical (unpaired) electrons. The highest BCUT2D eigenvalue weighted by Gasteiger charge is 2.44. The Labute approximate surface area is 463 Å². The second-order valence-corrected chi connectivity index (χ2v) is 22.9. The van der Waals surface area contributed by atoms with E-state index in [4.69, 9.17) is 19.4 Å². The van der Waals surface area contributed by atoms with E-state index in [1.165, 1.54) is 38.5 Å². The van der Waals surface area contributed by atoms with E-state index in [0.717, 1.165) is 108 Å². The molecule has 2 saturated carbocycles. The molecular formula is C59H73BrF6N8O4. The lowest BCUT2D eigenvalue weighted by Crippen LogP contribution is -2.39. The van der Waals surface area contributed by atoms with Gasteiger partial charge in [-0.1, -0.05) is 75.6 Å². The van der Waals surface area contributed by atoms with Crippen molar-refractivity contribution >= 4 is 39.8 Å². The van der Waals surface area contributed by atoms with Crippen molar-refractivity contribution < 1.29 is 45.4 Å². The van der Waals surface area contributed by atoms with E-state index in [2.05, 4.69) is 64.6 Å². The number of carbonyl (C=O) groups excluding carboxylic acids is 2. The number of halogens is 7. The van der Waals surface area contributed by atoms with Crippen LogP contribution in [-0.4, -0.2) is 79.0 Å². The van der Waals surface area contributed by atoms with Gasteiger partial charge in [-0.15, -0.1) is 0 Å². The smallest absolute Gasteiger partial charge is 0.416 e. The van der Waals surface area contributed by atoms with Gasteiger partial charge in [0.2, 0.25) is 0 Å². The monoisotopic (exact) mass is 1150 g/mol. The normalized spacial score (nSPS) is 20.5. The first-order valence-electron chi connectivity index (χ1n) is 27.5. The Morgan fingerprint density at radius 3 is 1.51 bits per heavy atom. The van der Waals surface area contributed by atoms with E-state index in [9.17, 15) is 35.9 Å². The summed E-state index contributed by atoms with van der Waals surface area (Å²) in [6, 6.07) is 11.6. The van der Waals surface area contributed by atoms with Gasteiger partial charge in [0.15, 0.2) is 0 Å². The van der Waals surface area contributed by atoms with Crippen LogP contribution in [0.4, 0.5) is 47.6 Å². The van der Waals surface area contributed by atoms with Crippen molar-refractivity contribution in [3.05, 3.63) is 122 Å². The van der Waals surface area contributed by atoms with Gasteiger partial charge in [0.25, 0.3) is 0 Å². The number of nitrogens with zero attached hydrogens (tertiary/aromatic N) is 8. The molecule has 4 atom stereocenters. The molecule has 12 nitrogen and oxygen atoms in total. The Balaban J connectivity index is 0.000000210. The number of hydrogen-bond acceptors (Lipinski definition) is 9. The number of benzene rings is 2. The van der Waals surface area contributed by atoms with Gasteiger partial charge in [0, 0.05) is 77.0 Å². The van der Waals surface area contributed by atoms with E-state index in [0.29, 0.717) is 40.3 Å². The molecule has 422 valence electrons. The minimum absolute atomic E-state index is 0.230. The minimum atomic E-state index is -4.49. The van der Waals surface area contributed by atoms with Gasteiger partial charge in [-0.3, -0.25) is 14.5 Å². The Morgan fingerprint density at radius 2 is 1.08 bits per heavy atom. The van der Waals surface area contributed by atoms with Crippen molar-refractivity contribution in [2.75, 3.05) is 22.9 Å². The van der Waals surface area contributed by atoms with E-state index < -0.39 is 60.0 Å². The number of rotatable bonds is 15. The number of alkyl halides is 6. The zero-order valence-electron chi connectivity index (χ0n) is 45.9. The predicted octanol–water partition coefficient (Wildman–Crippen LogP) is 15.6. The van der Waals surface area contributed by atoms with Crippen LogP contribution in [0.5, 0.6) is 0 Å². The Bertz CT molecular complexity index is 2880. The number of cyclic esters (lactones) is 2. The van der Waals surface area contributed by atoms with Gasteiger partial charge in [-0.05, 0) is 137 Å². The standard InChI is InChI=1S/C33H42F3N5O2.C26H31BrF3N3O2/c1-6-40(29-10-8-7-9-11-29)31-26(14-25(16-37-31)27-17-38-39(19-27)18-21(2)3)20-41-23(5)30(43-32(41)42)24-12-22(4)13-28(15-24)33(34,35)36;1-4-32(22-8-6-5-7-9-22)24-19(13-21(27)14-31-24)15-33-17(3)23(35-25(33)34)18-10-16(2)11-20(12-18)26(28,29)30/h12-17,19,21,23,29-30H,6-11,18,20H2,1-5H3;10-14,17,22-23H,4-9,15H2,1-3H3/t23-,30?;17-,23-/m00/s1. The second kappa shape index (κ2) is 24.7. The fourth-order valence-corrected chi connectivity index (χ4v) is 12.2. The molecule has 5 aromatic rings. The molecule has 5 heterocycles. The molecule has 2 amide bonds. The third-order valence-electron chi connectivity index (χ3n) is 15.6. The molecule has 19 heteroatoms. The zero-order valence-corrected chi connectivity index (χ0v) is 47.5. The molecule has 3 aromatic heterocycles. The number of carbonyl (C=O) groups is 2. The molecule has 1 unspecified atom stereocenters. The van der Waals surface area contributed by atoms with Crippen molar-refractivity contribution in [3.8, 4) is 11.1 Å². The fraction of sp³-hybridized carbons (Fsp3) is 0.542. The summed E-state index contributed by atoms with van der Waals surface area (Å²) < 4.78 is 95.0. The van der Waals surface area contributed by atoms with Crippen LogP contribution >= 0.6 is 15.9 Å². The number of aromatic nitrogens is 4. The molecule has 2 aliphatic carbocycles. The molecule has 2 saturated heterocycles. The SMILES string of the molecule is CCN(c1ncc(-c2cnn(CC(C)C)c2)cc1CN1C(=O)OC(c2cc(C)cc(C(F)(F)F)c2)[C@@H]1C)C1CCCCC1.CCN(c1ncc(Br)cc1CN1C(=O)O[C@H](c2cc(C)cc(C(F)(F)F)c2)[C@@H]1C)C1CCCCC1. The van der Waals surface area contributed by atoms with Gasteiger partial charge in [0.05, 0.1) is 42.5 Å². The summed E-state index contributed by atoms with van der Waals surface area (Å²) in [5.74, 6) is 2.14. The topological polar surface area (TPSA) is 109 Å². The Kier molecular flexibility index (Phi) is 18.4. The molecule has 4 aliphatic rings. The van der Waals surface area contributed by atoms with E-state index in [1.54, 1.807) is 42.0 Å². The lowest BCUT2D eigenvalue weighted by molar-refractivity contribution is -0.138. The van der Waals surface area contributed by atoms with Crippen molar-refractivity contribution in [2.24, 2.45) is 5.92 Å². The van der Waals surface area contributed by atoms with Crippen LogP contribution in [0.2, 0.25) is 0 Å². The van der Waals surface area contributed by atoms with Gasteiger partial charge in [-0.2, -0.15) is 31.4 Å². The van der Waals surface area contributed by atoms with Crippen LogP contribution in [-0.2, 0) is 41.5 Å². The maximum atomic E-state index is 13.6. The number of amides is 2. The Morgan fingerprint density at radius 1 is 0.628 bits per heavy atom. The number of pyridine rings is 2. The molecule has 2 aromatic carbocycles. The second-order valence-electron chi connectivity index (χ2n) is 21.9. The van der Waals surface area contributed by atoms with Crippen LogP contribution in [0.1, 0.15) is 162 Å².